The van der Waals surface area contributed by atoms with Crippen molar-refractivity contribution in [2.75, 3.05) is 0 Å². The van der Waals surface area contributed by atoms with Crippen molar-refractivity contribution in [2.24, 2.45) is 11.8 Å². The molecule has 2 rings (SSSR count). The molecule has 1 fully saturated rings. The van der Waals surface area contributed by atoms with E-state index in [9.17, 15) is 9.59 Å². The number of hydrogen-bond donors (Lipinski definition) is 2. The third-order valence-electron chi connectivity index (χ3n) is 3.26. The SMILES string of the molecule is Cc1nc(CNC(=O)[C@@H]2CC[C@H](C(=O)O)C2)cs1. The smallest absolute Gasteiger partial charge is 0.306 e. The molecule has 0 radical (unpaired) electrons. The molecule has 0 spiro atoms. The van der Waals surface area contributed by atoms with Crippen LogP contribution in [-0.2, 0) is 16.1 Å². The Bertz CT molecular complexity index is 458. The van der Waals surface area contributed by atoms with E-state index < -0.39 is 5.97 Å². The summed E-state index contributed by atoms with van der Waals surface area (Å²) in [4.78, 5) is 26.9. The Balaban J connectivity index is 1.80. The lowest BCUT2D eigenvalue weighted by Gasteiger charge is -2.09. The molecule has 18 heavy (non-hydrogen) atoms. The van der Waals surface area contributed by atoms with Gasteiger partial charge in [0.15, 0.2) is 0 Å². The van der Waals surface area contributed by atoms with Gasteiger partial charge in [0.2, 0.25) is 5.91 Å². The Hall–Kier alpha value is -1.43. The lowest BCUT2D eigenvalue weighted by Crippen LogP contribution is -2.29. The zero-order valence-corrected chi connectivity index (χ0v) is 11.0. The van der Waals surface area contributed by atoms with Crippen molar-refractivity contribution in [1.29, 1.82) is 0 Å². The Morgan fingerprint density at radius 2 is 2.22 bits per heavy atom. The normalized spacial score (nSPS) is 22.9. The number of aryl methyl sites for hydroxylation is 1. The fourth-order valence-corrected chi connectivity index (χ4v) is 2.87. The monoisotopic (exact) mass is 268 g/mol. The van der Waals surface area contributed by atoms with Crippen molar-refractivity contribution in [1.82, 2.24) is 10.3 Å². The number of thiazole rings is 1. The van der Waals surface area contributed by atoms with Crippen LogP contribution in [0.4, 0.5) is 0 Å². The van der Waals surface area contributed by atoms with E-state index in [1.54, 1.807) is 11.3 Å². The summed E-state index contributed by atoms with van der Waals surface area (Å²) >= 11 is 1.55. The Morgan fingerprint density at radius 3 is 2.78 bits per heavy atom. The molecule has 1 heterocycles. The molecule has 2 atom stereocenters. The molecule has 0 bridgehead atoms. The van der Waals surface area contributed by atoms with Gasteiger partial charge in [-0.1, -0.05) is 0 Å². The largest absolute Gasteiger partial charge is 0.481 e. The van der Waals surface area contributed by atoms with Crippen LogP contribution in [0, 0.1) is 18.8 Å². The minimum atomic E-state index is -0.791. The van der Waals surface area contributed by atoms with Crippen LogP contribution in [0.2, 0.25) is 0 Å². The van der Waals surface area contributed by atoms with E-state index in [0.29, 0.717) is 25.8 Å². The highest BCUT2D eigenvalue weighted by atomic mass is 32.1. The summed E-state index contributed by atoms with van der Waals surface area (Å²) in [6.45, 7) is 2.35. The van der Waals surface area contributed by atoms with Gasteiger partial charge in [-0.25, -0.2) is 4.98 Å². The van der Waals surface area contributed by atoms with Crippen LogP contribution in [0.3, 0.4) is 0 Å². The summed E-state index contributed by atoms with van der Waals surface area (Å²) in [5.41, 5.74) is 0.860. The average Bonchev–Trinajstić information content (AvgIpc) is 2.94. The first-order chi connectivity index (χ1) is 8.56. The van der Waals surface area contributed by atoms with E-state index in [-0.39, 0.29) is 17.7 Å². The molecule has 0 aromatic carbocycles. The van der Waals surface area contributed by atoms with Gasteiger partial charge in [0, 0.05) is 11.3 Å². The van der Waals surface area contributed by atoms with Crippen LogP contribution in [0.1, 0.15) is 30.0 Å². The van der Waals surface area contributed by atoms with E-state index in [1.165, 1.54) is 0 Å². The number of carboxylic acid groups (broad SMARTS) is 1. The minimum Gasteiger partial charge on any atom is -0.481 e. The molecule has 1 aliphatic rings. The maximum Gasteiger partial charge on any atom is 0.306 e. The molecular formula is C12H16N2O3S. The van der Waals surface area contributed by atoms with Crippen molar-refractivity contribution in [3.8, 4) is 0 Å². The van der Waals surface area contributed by atoms with Crippen LogP contribution in [0.5, 0.6) is 0 Å². The van der Waals surface area contributed by atoms with E-state index in [1.807, 2.05) is 12.3 Å². The van der Waals surface area contributed by atoms with Gasteiger partial charge in [-0.05, 0) is 26.2 Å². The Kier molecular flexibility index (Phi) is 3.96. The number of aliphatic carboxylic acids is 1. The predicted molar refractivity (Wildman–Crippen MR) is 67.2 cm³/mol. The molecular weight excluding hydrogens is 252 g/mol. The molecule has 1 amide bonds. The molecule has 0 aliphatic heterocycles. The number of nitrogens with one attached hydrogen (secondary N) is 1. The highest BCUT2D eigenvalue weighted by Crippen LogP contribution is 2.31. The maximum absolute atomic E-state index is 11.9. The molecule has 1 saturated carbocycles. The maximum atomic E-state index is 11.9. The number of rotatable bonds is 4. The first kappa shape index (κ1) is 13.0. The van der Waals surface area contributed by atoms with Crippen LogP contribution in [-0.4, -0.2) is 22.0 Å². The fourth-order valence-electron chi connectivity index (χ4n) is 2.26. The second-order valence-corrected chi connectivity index (χ2v) is 5.68. The molecule has 1 aromatic rings. The fraction of sp³-hybridized carbons (Fsp3) is 0.583. The summed E-state index contributed by atoms with van der Waals surface area (Å²) in [7, 11) is 0. The summed E-state index contributed by atoms with van der Waals surface area (Å²) in [5, 5.41) is 14.6. The summed E-state index contributed by atoms with van der Waals surface area (Å²) in [6.07, 6.45) is 1.72. The number of aromatic nitrogens is 1. The first-order valence-electron chi connectivity index (χ1n) is 5.98. The highest BCUT2D eigenvalue weighted by molar-refractivity contribution is 7.09. The zero-order valence-electron chi connectivity index (χ0n) is 10.2. The van der Waals surface area contributed by atoms with Crippen molar-refractivity contribution < 1.29 is 14.7 Å². The number of hydrogen-bond acceptors (Lipinski definition) is 4. The third-order valence-corrected chi connectivity index (χ3v) is 4.09. The summed E-state index contributed by atoms with van der Waals surface area (Å²) in [5.74, 6) is -1.36. The Morgan fingerprint density at radius 1 is 1.50 bits per heavy atom. The van der Waals surface area contributed by atoms with E-state index in [0.717, 1.165) is 10.7 Å². The first-order valence-corrected chi connectivity index (χ1v) is 6.85. The lowest BCUT2D eigenvalue weighted by atomic mass is 10.0. The zero-order chi connectivity index (χ0) is 13.1. The second kappa shape index (κ2) is 5.48. The molecule has 0 unspecified atom stereocenters. The van der Waals surface area contributed by atoms with Gasteiger partial charge in [-0.15, -0.1) is 11.3 Å². The van der Waals surface area contributed by atoms with E-state index >= 15 is 0 Å². The highest BCUT2D eigenvalue weighted by Gasteiger charge is 2.33. The predicted octanol–water partition coefficient (Wildman–Crippen LogP) is 1.57. The quantitative estimate of drug-likeness (QED) is 0.868. The molecule has 0 saturated heterocycles. The van der Waals surface area contributed by atoms with Gasteiger partial charge in [-0.3, -0.25) is 9.59 Å². The van der Waals surface area contributed by atoms with Crippen LogP contribution < -0.4 is 5.32 Å². The molecule has 1 aliphatic carbocycles. The van der Waals surface area contributed by atoms with Crippen LogP contribution >= 0.6 is 11.3 Å². The van der Waals surface area contributed by atoms with E-state index in [2.05, 4.69) is 10.3 Å². The van der Waals surface area contributed by atoms with Gasteiger partial charge in [-0.2, -0.15) is 0 Å². The summed E-state index contributed by atoms with van der Waals surface area (Å²) in [6, 6.07) is 0. The van der Waals surface area contributed by atoms with Crippen molar-refractivity contribution in [3.05, 3.63) is 16.1 Å². The minimum absolute atomic E-state index is 0.0515. The van der Waals surface area contributed by atoms with Crippen molar-refractivity contribution in [2.45, 2.75) is 32.7 Å². The standard InChI is InChI=1S/C12H16N2O3S/c1-7-14-10(6-18-7)5-13-11(15)8-2-3-9(4-8)12(16)17/h6,8-9H,2-5H2,1H3,(H,13,15)(H,16,17)/t8-,9+/m1/s1. The Labute approximate surface area is 109 Å². The van der Waals surface area contributed by atoms with E-state index in [4.69, 9.17) is 5.11 Å². The van der Waals surface area contributed by atoms with Crippen LogP contribution in [0.25, 0.3) is 0 Å². The lowest BCUT2D eigenvalue weighted by molar-refractivity contribution is -0.141. The number of carbonyl (C=O) groups is 2. The second-order valence-electron chi connectivity index (χ2n) is 4.62. The number of amides is 1. The van der Waals surface area contributed by atoms with Gasteiger partial charge in [0.05, 0.1) is 23.2 Å². The molecule has 1 aromatic heterocycles. The molecule has 5 nitrogen and oxygen atoms in total. The topological polar surface area (TPSA) is 79.3 Å². The molecule has 98 valence electrons. The number of carboxylic acids is 1. The third kappa shape index (κ3) is 3.07. The van der Waals surface area contributed by atoms with Gasteiger partial charge >= 0.3 is 5.97 Å². The number of nitrogens with zero attached hydrogens (tertiary/aromatic N) is 1. The van der Waals surface area contributed by atoms with Gasteiger partial charge < -0.3 is 10.4 Å². The van der Waals surface area contributed by atoms with Crippen molar-refractivity contribution >= 4 is 23.2 Å². The average molecular weight is 268 g/mol. The van der Waals surface area contributed by atoms with Gasteiger partial charge in [0.25, 0.3) is 0 Å². The molecule has 6 heteroatoms. The van der Waals surface area contributed by atoms with Crippen molar-refractivity contribution in [3.63, 3.8) is 0 Å². The number of carbonyl (C=O) groups excluding carboxylic acids is 1. The van der Waals surface area contributed by atoms with Crippen LogP contribution in [0.15, 0.2) is 5.38 Å². The van der Waals surface area contributed by atoms with Gasteiger partial charge in [0.1, 0.15) is 0 Å². The summed E-state index contributed by atoms with van der Waals surface area (Å²) < 4.78 is 0. The molecule has 2 N–H and O–H groups in total.